The van der Waals surface area contributed by atoms with Gasteiger partial charge in [-0.15, -0.1) is 0 Å². The molecule has 0 unspecified atom stereocenters. The molecule has 2 amide bonds. The molecule has 0 radical (unpaired) electrons. The molecule has 1 fully saturated rings. The Balaban J connectivity index is 1.45. The lowest BCUT2D eigenvalue weighted by atomic mass is 9.96. The summed E-state index contributed by atoms with van der Waals surface area (Å²) in [7, 11) is 0. The highest BCUT2D eigenvalue weighted by Gasteiger charge is 2.28. The molecule has 2 aromatic rings. The fourth-order valence-electron chi connectivity index (χ4n) is 2.87. The molecule has 1 N–H and O–H groups in total. The molecule has 1 aromatic carbocycles. The number of carbonyl (C=O) groups excluding carboxylic acids is 2. The highest BCUT2D eigenvalue weighted by molar-refractivity contribution is 5.91. The van der Waals surface area contributed by atoms with Crippen molar-refractivity contribution >= 4 is 17.6 Å². The Kier molecular flexibility index (Phi) is 5.68. The van der Waals surface area contributed by atoms with Crippen molar-refractivity contribution in [3.8, 4) is 5.75 Å². The van der Waals surface area contributed by atoms with E-state index in [-0.39, 0.29) is 30.1 Å². The fraction of sp³-hybridized carbons (Fsp3) is 0.389. The number of halogens is 2. The molecule has 3 rings (SSSR count). The van der Waals surface area contributed by atoms with Gasteiger partial charge in [0.1, 0.15) is 11.6 Å². The predicted octanol–water partition coefficient (Wildman–Crippen LogP) is 2.52. The second-order valence-corrected chi connectivity index (χ2v) is 6.33. The van der Waals surface area contributed by atoms with E-state index < -0.39 is 11.6 Å². The number of likely N-dealkylation sites (tertiary alicyclic amines) is 1. The van der Waals surface area contributed by atoms with Crippen molar-refractivity contribution in [2.45, 2.75) is 19.8 Å². The Morgan fingerprint density at radius 3 is 2.67 bits per heavy atom. The van der Waals surface area contributed by atoms with Crippen LogP contribution in [-0.4, -0.2) is 41.6 Å². The number of rotatable bonds is 5. The number of nitrogens with one attached hydrogen (secondary N) is 1. The van der Waals surface area contributed by atoms with Crippen LogP contribution < -0.4 is 10.1 Å². The van der Waals surface area contributed by atoms with Gasteiger partial charge in [-0.3, -0.25) is 9.59 Å². The first-order chi connectivity index (χ1) is 12.9. The van der Waals surface area contributed by atoms with E-state index in [4.69, 9.17) is 9.26 Å². The number of aryl methyl sites for hydroxylation is 1. The first-order valence-electron chi connectivity index (χ1n) is 8.52. The summed E-state index contributed by atoms with van der Waals surface area (Å²) in [5, 5.41) is 6.41. The fourth-order valence-corrected chi connectivity index (χ4v) is 2.87. The van der Waals surface area contributed by atoms with Gasteiger partial charge in [0, 0.05) is 31.1 Å². The zero-order valence-corrected chi connectivity index (χ0v) is 14.7. The Morgan fingerprint density at radius 2 is 2.04 bits per heavy atom. The second-order valence-electron chi connectivity index (χ2n) is 6.33. The average molecular weight is 379 g/mol. The number of nitrogens with zero attached hydrogens (tertiary/aromatic N) is 2. The predicted molar refractivity (Wildman–Crippen MR) is 91.0 cm³/mol. The van der Waals surface area contributed by atoms with Gasteiger partial charge >= 0.3 is 0 Å². The minimum Gasteiger partial charge on any atom is -0.481 e. The van der Waals surface area contributed by atoms with Crippen molar-refractivity contribution in [2.75, 3.05) is 25.0 Å². The van der Waals surface area contributed by atoms with Gasteiger partial charge in [-0.1, -0.05) is 5.16 Å². The molecule has 27 heavy (non-hydrogen) atoms. The van der Waals surface area contributed by atoms with Gasteiger partial charge in [-0.25, -0.2) is 8.78 Å². The van der Waals surface area contributed by atoms with Gasteiger partial charge in [0.15, 0.2) is 24.0 Å². The maximum Gasteiger partial charge on any atom is 0.260 e. The maximum absolute atomic E-state index is 13.5. The van der Waals surface area contributed by atoms with E-state index in [1.807, 2.05) is 0 Å². The monoisotopic (exact) mass is 379 g/mol. The van der Waals surface area contributed by atoms with E-state index in [1.165, 1.54) is 0 Å². The van der Waals surface area contributed by atoms with Crippen LogP contribution in [0.15, 0.2) is 28.8 Å². The number of piperidine rings is 1. The lowest BCUT2D eigenvalue weighted by Crippen LogP contribution is -2.43. The van der Waals surface area contributed by atoms with Gasteiger partial charge in [0.25, 0.3) is 5.91 Å². The number of amides is 2. The summed E-state index contributed by atoms with van der Waals surface area (Å²) in [4.78, 5) is 26.0. The summed E-state index contributed by atoms with van der Waals surface area (Å²) in [5.74, 6) is -1.50. The van der Waals surface area contributed by atoms with Gasteiger partial charge in [0.05, 0.1) is 0 Å². The van der Waals surface area contributed by atoms with Crippen molar-refractivity contribution in [2.24, 2.45) is 5.92 Å². The third-order valence-electron chi connectivity index (χ3n) is 4.34. The van der Waals surface area contributed by atoms with Crippen molar-refractivity contribution < 1.29 is 27.6 Å². The minimum atomic E-state index is -0.860. The topological polar surface area (TPSA) is 84.7 Å². The molecule has 0 atom stereocenters. The molecule has 1 aliphatic rings. The maximum atomic E-state index is 13.5. The zero-order valence-electron chi connectivity index (χ0n) is 14.7. The lowest BCUT2D eigenvalue weighted by molar-refractivity contribution is -0.136. The van der Waals surface area contributed by atoms with Crippen molar-refractivity contribution in [3.05, 3.63) is 41.7 Å². The SMILES string of the molecule is Cc1cc(NC(=O)C2CCN(C(=O)COc3ccc(F)cc3F)CC2)no1. The van der Waals surface area contributed by atoms with Crippen LogP contribution in [0.3, 0.4) is 0 Å². The quantitative estimate of drug-likeness (QED) is 0.863. The van der Waals surface area contributed by atoms with Crippen LogP contribution in [-0.2, 0) is 9.59 Å². The summed E-state index contributed by atoms with van der Waals surface area (Å²) in [6.45, 7) is 2.16. The van der Waals surface area contributed by atoms with Crippen LogP contribution in [0, 0.1) is 24.5 Å². The van der Waals surface area contributed by atoms with Crippen LogP contribution >= 0.6 is 0 Å². The summed E-state index contributed by atoms with van der Waals surface area (Å²) in [6, 6.07) is 4.52. The molecular formula is C18H19F2N3O4. The first kappa shape index (κ1) is 18.8. The summed E-state index contributed by atoms with van der Waals surface area (Å²) < 4.78 is 36.4. The molecule has 144 valence electrons. The third-order valence-corrected chi connectivity index (χ3v) is 4.34. The summed E-state index contributed by atoms with van der Waals surface area (Å²) >= 11 is 0. The molecule has 0 aliphatic carbocycles. The van der Waals surface area contributed by atoms with E-state index in [1.54, 1.807) is 17.9 Å². The Morgan fingerprint density at radius 1 is 1.30 bits per heavy atom. The van der Waals surface area contributed by atoms with E-state index in [9.17, 15) is 18.4 Å². The largest absolute Gasteiger partial charge is 0.481 e. The lowest BCUT2D eigenvalue weighted by Gasteiger charge is -2.31. The number of hydrogen-bond acceptors (Lipinski definition) is 5. The highest BCUT2D eigenvalue weighted by atomic mass is 19.1. The molecular weight excluding hydrogens is 360 g/mol. The number of hydrogen-bond donors (Lipinski definition) is 1. The van der Waals surface area contributed by atoms with Gasteiger partial charge < -0.3 is 19.5 Å². The van der Waals surface area contributed by atoms with Gasteiger partial charge in [-0.05, 0) is 31.9 Å². The first-order valence-corrected chi connectivity index (χ1v) is 8.52. The van der Waals surface area contributed by atoms with Gasteiger partial charge in [-0.2, -0.15) is 0 Å². The summed E-state index contributed by atoms with van der Waals surface area (Å²) in [5.41, 5.74) is 0. The van der Waals surface area contributed by atoms with Crippen molar-refractivity contribution in [3.63, 3.8) is 0 Å². The van der Waals surface area contributed by atoms with Crippen LogP contribution in [0.5, 0.6) is 5.75 Å². The minimum absolute atomic E-state index is 0.167. The van der Waals surface area contributed by atoms with Crippen LogP contribution in [0.2, 0.25) is 0 Å². The number of aromatic nitrogens is 1. The Hall–Kier alpha value is -2.97. The van der Waals surface area contributed by atoms with Crippen molar-refractivity contribution in [1.82, 2.24) is 10.1 Å². The van der Waals surface area contributed by atoms with Crippen LogP contribution in [0.4, 0.5) is 14.6 Å². The van der Waals surface area contributed by atoms with E-state index in [0.29, 0.717) is 43.6 Å². The molecule has 0 saturated carbocycles. The molecule has 0 bridgehead atoms. The molecule has 2 heterocycles. The zero-order chi connectivity index (χ0) is 19.4. The smallest absolute Gasteiger partial charge is 0.260 e. The number of carbonyl (C=O) groups is 2. The van der Waals surface area contributed by atoms with Crippen LogP contribution in [0.1, 0.15) is 18.6 Å². The summed E-state index contributed by atoms with van der Waals surface area (Å²) in [6.07, 6.45) is 0.999. The number of ether oxygens (including phenoxy) is 1. The van der Waals surface area contributed by atoms with E-state index in [0.717, 1.165) is 12.1 Å². The molecule has 7 nitrogen and oxygen atoms in total. The third kappa shape index (κ3) is 4.81. The van der Waals surface area contributed by atoms with Crippen LogP contribution in [0.25, 0.3) is 0 Å². The normalized spacial score (nSPS) is 14.9. The number of anilines is 1. The second kappa shape index (κ2) is 8.15. The molecule has 1 aliphatic heterocycles. The molecule has 1 saturated heterocycles. The van der Waals surface area contributed by atoms with Gasteiger partial charge in [0.2, 0.25) is 5.91 Å². The Bertz CT molecular complexity index is 832. The molecule has 9 heteroatoms. The van der Waals surface area contributed by atoms with Crippen molar-refractivity contribution in [1.29, 1.82) is 0 Å². The average Bonchev–Trinajstić information content (AvgIpc) is 3.05. The highest BCUT2D eigenvalue weighted by Crippen LogP contribution is 2.21. The number of benzene rings is 1. The Labute approximate surface area is 154 Å². The van der Waals surface area contributed by atoms with E-state index >= 15 is 0 Å². The molecule has 0 spiro atoms. The molecule has 1 aromatic heterocycles. The van der Waals surface area contributed by atoms with E-state index in [2.05, 4.69) is 10.5 Å². The standard InChI is InChI=1S/C18H19F2N3O4/c1-11-8-16(22-27-11)21-18(25)12-4-6-23(7-5-12)17(24)10-26-15-3-2-13(19)9-14(15)20/h2-3,8-9,12H,4-7,10H2,1H3,(H,21,22,25).